The van der Waals surface area contributed by atoms with Crippen LogP contribution in [0.5, 0.6) is 17.2 Å². The summed E-state index contributed by atoms with van der Waals surface area (Å²) in [4.78, 5) is 0. The zero-order valence-corrected chi connectivity index (χ0v) is 15.8. The maximum absolute atomic E-state index is 14.0. The van der Waals surface area contributed by atoms with Crippen molar-refractivity contribution in [3.8, 4) is 28.4 Å². The summed E-state index contributed by atoms with van der Waals surface area (Å²) < 4.78 is 20.0. The lowest BCUT2D eigenvalue weighted by Gasteiger charge is -2.29. The highest BCUT2D eigenvalue weighted by molar-refractivity contribution is 7.67. The fraction of sp³-hybridized carbons (Fsp3) is 0.0435. The van der Waals surface area contributed by atoms with Crippen LogP contribution in [-0.2, 0) is 10.7 Å². The number of phenolic OH excluding ortho intramolecular Hbond substituents is 2. The van der Waals surface area contributed by atoms with Crippen LogP contribution >= 0.6 is 7.37 Å². The Bertz CT molecular complexity index is 1280. The average Bonchev–Trinajstić information content (AvgIpc) is 2.72. The molecule has 0 bridgehead atoms. The van der Waals surface area contributed by atoms with Crippen LogP contribution in [0.1, 0.15) is 5.56 Å². The number of hydrogen-bond acceptors (Lipinski definition) is 4. The second-order valence-electron chi connectivity index (χ2n) is 6.89. The molecule has 138 valence electrons. The molecule has 0 saturated carbocycles. The largest absolute Gasteiger partial charge is 0.507 e. The number of benzene rings is 4. The predicted octanol–water partition coefficient (Wildman–Crippen LogP) is 5.41. The van der Waals surface area contributed by atoms with Gasteiger partial charge in [-0.2, -0.15) is 0 Å². The molecule has 1 heterocycles. The van der Waals surface area contributed by atoms with Gasteiger partial charge in [0.2, 0.25) is 0 Å². The Morgan fingerprint density at radius 3 is 2.25 bits per heavy atom. The first-order chi connectivity index (χ1) is 13.6. The van der Waals surface area contributed by atoms with Crippen molar-refractivity contribution >= 4 is 23.4 Å². The number of para-hydroxylation sites is 1. The molecule has 4 nitrogen and oxygen atoms in total. The molecule has 0 radical (unpaired) electrons. The molecule has 1 unspecified atom stereocenters. The lowest BCUT2D eigenvalue weighted by atomic mass is 10.0. The third-order valence-electron chi connectivity index (χ3n) is 5.15. The molecule has 1 aliphatic heterocycles. The molecule has 1 aliphatic rings. The molecule has 4 aromatic rings. The highest BCUT2D eigenvalue weighted by atomic mass is 31.2. The Balaban J connectivity index is 1.68. The van der Waals surface area contributed by atoms with Crippen molar-refractivity contribution < 1.29 is 19.3 Å². The lowest BCUT2D eigenvalue weighted by Crippen LogP contribution is -2.18. The van der Waals surface area contributed by atoms with E-state index in [1.54, 1.807) is 30.3 Å². The van der Waals surface area contributed by atoms with E-state index in [1.165, 1.54) is 6.07 Å². The van der Waals surface area contributed by atoms with Crippen molar-refractivity contribution in [3.63, 3.8) is 0 Å². The van der Waals surface area contributed by atoms with Crippen LogP contribution in [-0.4, -0.2) is 10.2 Å². The van der Waals surface area contributed by atoms with Crippen molar-refractivity contribution in [1.82, 2.24) is 0 Å². The van der Waals surface area contributed by atoms with Crippen molar-refractivity contribution in [3.05, 3.63) is 84.4 Å². The van der Waals surface area contributed by atoms with Gasteiger partial charge in [-0.25, -0.2) is 0 Å². The third kappa shape index (κ3) is 2.49. The molecule has 2 N–H and O–H groups in total. The topological polar surface area (TPSA) is 66.8 Å². The highest BCUT2D eigenvalue weighted by Gasteiger charge is 2.36. The zero-order chi connectivity index (χ0) is 19.3. The Kier molecular flexibility index (Phi) is 3.71. The number of hydrogen-bond donors (Lipinski definition) is 2. The summed E-state index contributed by atoms with van der Waals surface area (Å²) in [7, 11) is -3.35. The van der Waals surface area contributed by atoms with E-state index in [4.69, 9.17) is 4.52 Å². The second-order valence-corrected chi connectivity index (χ2v) is 9.21. The fourth-order valence-corrected chi connectivity index (χ4v) is 6.21. The Morgan fingerprint density at radius 1 is 0.786 bits per heavy atom. The van der Waals surface area contributed by atoms with Gasteiger partial charge < -0.3 is 14.7 Å². The molecule has 1 atom stereocenters. The summed E-state index contributed by atoms with van der Waals surface area (Å²) in [5.74, 6) is 0.623. The average molecular weight is 388 g/mol. The maximum atomic E-state index is 14.0. The minimum Gasteiger partial charge on any atom is -0.507 e. The van der Waals surface area contributed by atoms with E-state index in [1.807, 2.05) is 42.5 Å². The Morgan fingerprint density at radius 2 is 1.43 bits per heavy atom. The van der Waals surface area contributed by atoms with Crippen LogP contribution in [0.4, 0.5) is 0 Å². The molecule has 28 heavy (non-hydrogen) atoms. The van der Waals surface area contributed by atoms with Gasteiger partial charge in [-0.05, 0) is 23.8 Å². The summed E-state index contributed by atoms with van der Waals surface area (Å²) in [6.07, 6.45) is -0.0113. The van der Waals surface area contributed by atoms with E-state index in [0.717, 1.165) is 11.1 Å². The maximum Gasteiger partial charge on any atom is 0.282 e. The van der Waals surface area contributed by atoms with Crippen molar-refractivity contribution in [1.29, 1.82) is 0 Å². The summed E-state index contributed by atoms with van der Waals surface area (Å²) >= 11 is 0. The van der Waals surface area contributed by atoms with Crippen LogP contribution in [0, 0.1) is 0 Å². The van der Waals surface area contributed by atoms with Gasteiger partial charge >= 0.3 is 0 Å². The molecule has 0 aromatic heterocycles. The van der Waals surface area contributed by atoms with E-state index < -0.39 is 7.37 Å². The van der Waals surface area contributed by atoms with Crippen molar-refractivity contribution in [2.75, 3.05) is 0 Å². The first kappa shape index (κ1) is 16.9. The summed E-state index contributed by atoms with van der Waals surface area (Å²) in [5, 5.41) is 22.9. The van der Waals surface area contributed by atoms with Gasteiger partial charge in [-0.15, -0.1) is 0 Å². The third-order valence-corrected chi connectivity index (χ3v) is 7.52. The van der Waals surface area contributed by atoms with Crippen molar-refractivity contribution in [2.24, 2.45) is 0 Å². The van der Waals surface area contributed by atoms with Crippen LogP contribution in [0.2, 0.25) is 0 Å². The minimum atomic E-state index is -3.35. The quantitative estimate of drug-likeness (QED) is 0.356. The number of rotatable bonds is 2. The minimum absolute atomic E-state index is 0.0113. The van der Waals surface area contributed by atoms with Gasteiger partial charge in [-0.1, -0.05) is 60.7 Å². The Labute approximate surface area is 162 Å². The van der Waals surface area contributed by atoms with Crippen molar-refractivity contribution in [2.45, 2.75) is 6.16 Å². The van der Waals surface area contributed by atoms with Crippen LogP contribution in [0.3, 0.4) is 0 Å². The highest BCUT2D eigenvalue weighted by Crippen LogP contribution is 2.57. The fourth-order valence-electron chi connectivity index (χ4n) is 3.83. The first-order valence-corrected chi connectivity index (χ1v) is 10.8. The summed E-state index contributed by atoms with van der Waals surface area (Å²) in [6, 6.07) is 23.5. The standard InChI is InChI=1S/C23H17O4P/c24-20-13-15(23(25)19-10-2-1-7-16(19)20)14-28(26)22-12-6-4-9-18(22)17-8-3-5-11-21(17)27-28/h1-13,24-25H,14H2. The molecule has 0 fully saturated rings. The van der Waals surface area contributed by atoms with Crippen LogP contribution in [0.25, 0.3) is 21.9 Å². The number of phenols is 2. The van der Waals surface area contributed by atoms with E-state index in [9.17, 15) is 14.8 Å². The van der Waals surface area contributed by atoms with E-state index >= 15 is 0 Å². The lowest BCUT2D eigenvalue weighted by molar-refractivity contribution is 0.461. The molecular formula is C23H17O4P. The van der Waals surface area contributed by atoms with Gasteiger partial charge in [0.1, 0.15) is 17.2 Å². The molecule has 5 heteroatoms. The molecule has 5 rings (SSSR count). The summed E-state index contributed by atoms with van der Waals surface area (Å²) in [5.41, 5.74) is 2.17. The monoisotopic (exact) mass is 388 g/mol. The van der Waals surface area contributed by atoms with Gasteiger partial charge in [0.25, 0.3) is 7.37 Å². The molecule has 4 aromatic carbocycles. The van der Waals surface area contributed by atoms with Crippen LogP contribution in [0.15, 0.2) is 78.9 Å². The number of aromatic hydroxyl groups is 2. The van der Waals surface area contributed by atoms with Crippen LogP contribution < -0.4 is 9.83 Å². The van der Waals surface area contributed by atoms with E-state index in [0.29, 0.717) is 27.4 Å². The van der Waals surface area contributed by atoms with Gasteiger partial charge in [-0.3, -0.25) is 4.57 Å². The molecule has 0 spiro atoms. The SMILES string of the molecule is O=P1(Cc2cc(O)c3ccccc3c2O)Oc2ccccc2-c2ccccc21. The zero-order valence-electron chi connectivity index (χ0n) is 14.9. The van der Waals surface area contributed by atoms with E-state index in [-0.39, 0.29) is 17.7 Å². The van der Waals surface area contributed by atoms with Gasteiger partial charge in [0.15, 0.2) is 0 Å². The molecule has 0 amide bonds. The molecule has 0 aliphatic carbocycles. The van der Waals surface area contributed by atoms with Gasteiger partial charge in [0.05, 0.1) is 11.5 Å². The molecule has 0 saturated heterocycles. The van der Waals surface area contributed by atoms with E-state index in [2.05, 4.69) is 0 Å². The predicted molar refractivity (Wildman–Crippen MR) is 111 cm³/mol. The Hall–Kier alpha value is -3.23. The summed E-state index contributed by atoms with van der Waals surface area (Å²) in [6.45, 7) is 0. The molecular weight excluding hydrogens is 371 g/mol. The number of fused-ring (bicyclic) bond motifs is 4. The smallest absolute Gasteiger partial charge is 0.282 e. The normalized spacial score (nSPS) is 17.6. The van der Waals surface area contributed by atoms with Gasteiger partial charge in [0, 0.05) is 21.9 Å². The first-order valence-electron chi connectivity index (χ1n) is 8.97. The second kappa shape index (κ2) is 6.15.